The van der Waals surface area contributed by atoms with Gasteiger partial charge in [-0.3, -0.25) is 13.8 Å². The van der Waals surface area contributed by atoms with Crippen molar-refractivity contribution in [1.82, 2.24) is 5.32 Å². The van der Waals surface area contributed by atoms with E-state index < -0.39 is 22.2 Å². The molecule has 1 N–H and O–H groups in total. The molecule has 0 bridgehead atoms. The molecule has 0 aromatic heterocycles. The predicted octanol–water partition coefficient (Wildman–Crippen LogP) is 14.4. The molecule has 0 saturated carbocycles. The lowest BCUT2D eigenvalue weighted by atomic mass is 10.0. The van der Waals surface area contributed by atoms with E-state index in [2.05, 4.69) is 19.2 Å². The summed E-state index contributed by atoms with van der Waals surface area (Å²) in [6.07, 6.45) is 38.1. The van der Waals surface area contributed by atoms with Crippen molar-refractivity contribution in [3.05, 3.63) is 23.8 Å². The van der Waals surface area contributed by atoms with Gasteiger partial charge in [0.15, 0.2) is 11.5 Å². The lowest BCUT2D eigenvalue weighted by Crippen LogP contribution is -2.39. The molecule has 9 heteroatoms. The summed E-state index contributed by atoms with van der Waals surface area (Å²) in [7, 11) is -3.80. The van der Waals surface area contributed by atoms with E-state index in [0.29, 0.717) is 5.56 Å². The highest BCUT2D eigenvalue weighted by Crippen LogP contribution is 2.33. The molecule has 0 aliphatic carbocycles. The van der Waals surface area contributed by atoms with Gasteiger partial charge in [0.05, 0.1) is 6.26 Å². The van der Waals surface area contributed by atoms with E-state index in [9.17, 15) is 18.0 Å². The highest BCUT2D eigenvalue weighted by atomic mass is 32.2. The van der Waals surface area contributed by atoms with Gasteiger partial charge in [0.2, 0.25) is 0 Å². The summed E-state index contributed by atoms with van der Waals surface area (Å²) >= 11 is 0. The first-order valence-electron chi connectivity index (χ1n) is 24.0. The van der Waals surface area contributed by atoms with Crippen LogP contribution in [-0.2, 0) is 23.9 Å². The summed E-state index contributed by atoms with van der Waals surface area (Å²) in [5.74, 6) is -0.520. The van der Waals surface area contributed by atoms with Crippen LogP contribution in [-0.4, -0.2) is 38.7 Å². The van der Waals surface area contributed by atoms with Crippen LogP contribution in [0.3, 0.4) is 0 Å². The molecule has 0 fully saturated rings. The summed E-state index contributed by atoms with van der Waals surface area (Å²) in [5, 5.41) is 3.30. The van der Waals surface area contributed by atoms with Gasteiger partial charge in [0, 0.05) is 24.9 Å². The van der Waals surface area contributed by atoms with Crippen molar-refractivity contribution in [2.24, 2.45) is 0 Å². The van der Waals surface area contributed by atoms with Crippen molar-refractivity contribution < 1.29 is 31.7 Å². The summed E-state index contributed by atoms with van der Waals surface area (Å²) in [6.45, 7) is 10.7. The van der Waals surface area contributed by atoms with Gasteiger partial charge in [-0.1, -0.05) is 200 Å². The molecule has 0 spiro atoms. The second-order valence-electron chi connectivity index (χ2n) is 18.0. The number of hydrogen-bond acceptors (Lipinski definition) is 8. The van der Waals surface area contributed by atoms with Gasteiger partial charge in [-0.2, -0.15) is 8.42 Å². The van der Waals surface area contributed by atoms with Crippen LogP contribution in [0.5, 0.6) is 11.5 Å². The van der Waals surface area contributed by atoms with E-state index in [1.807, 2.05) is 20.8 Å². The minimum atomic E-state index is -3.80. The molecule has 0 aliphatic heterocycles. The predicted molar refractivity (Wildman–Crippen MR) is 243 cm³/mol. The fourth-order valence-corrected chi connectivity index (χ4v) is 7.94. The SMILES string of the molecule is CCCCCCCCCCCCCCCCCC(=O)Oc1ccc(C(CNC(C)(C)C)OS(C)(=O)=O)cc1OC(=O)CCCCCCCCCCCCCCCCC. The molecule has 0 aliphatic rings. The Kier molecular flexibility index (Phi) is 32.3. The lowest BCUT2D eigenvalue weighted by Gasteiger charge is -2.25. The van der Waals surface area contributed by atoms with Crippen molar-refractivity contribution in [1.29, 1.82) is 0 Å². The van der Waals surface area contributed by atoms with Crippen LogP contribution >= 0.6 is 0 Å². The number of ether oxygens (including phenoxy) is 2. The Morgan fingerprint density at radius 1 is 0.534 bits per heavy atom. The fraction of sp³-hybridized carbons (Fsp3) is 0.837. The molecule has 0 radical (unpaired) electrons. The monoisotopic (exact) mass is 836 g/mol. The average Bonchev–Trinajstić information content (AvgIpc) is 3.16. The van der Waals surface area contributed by atoms with Crippen LogP contribution in [0, 0.1) is 0 Å². The molecule has 58 heavy (non-hydrogen) atoms. The zero-order valence-electron chi connectivity index (χ0n) is 38.4. The Morgan fingerprint density at radius 3 is 1.19 bits per heavy atom. The third-order valence-corrected chi connectivity index (χ3v) is 11.4. The van der Waals surface area contributed by atoms with Crippen LogP contribution in [0.4, 0.5) is 0 Å². The van der Waals surface area contributed by atoms with E-state index in [4.69, 9.17) is 13.7 Å². The highest BCUT2D eigenvalue weighted by molar-refractivity contribution is 7.86. The smallest absolute Gasteiger partial charge is 0.311 e. The van der Waals surface area contributed by atoms with Gasteiger partial charge >= 0.3 is 11.9 Å². The van der Waals surface area contributed by atoms with Gasteiger partial charge in [0.25, 0.3) is 10.1 Å². The van der Waals surface area contributed by atoms with E-state index >= 15 is 0 Å². The topological polar surface area (TPSA) is 108 Å². The van der Waals surface area contributed by atoms with E-state index in [1.165, 1.54) is 154 Å². The zero-order chi connectivity index (χ0) is 42.7. The number of carbonyl (C=O) groups excluding carboxylic acids is 2. The summed E-state index contributed by atoms with van der Waals surface area (Å²) in [4.78, 5) is 26.0. The van der Waals surface area contributed by atoms with Crippen LogP contribution in [0.25, 0.3) is 0 Å². The van der Waals surface area contributed by atoms with Gasteiger partial charge in [0.1, 0.15) is 6.10 Å². The van der Waals surface area contributed by atoms with Crippen molar-refractivity contribution >= 4 is 22.1 Å². The fourth-order valence-electron chi connectivity index (χ4n) is 7.33. The minimum Gasteiger partial charge on any atom is -0.423 e. The molecule has 1 atom stereocenters. The van der Waals surface area contributed by atoms with Crippen LogP contribution in [0.1, 0.15) is 252 Å². The number of hydrogen-bond donors (Lipinski definition) is 1. The van der Waals surface area contributed by atoms with Crippen molar-refractivity contribution in [3.63, 3.8) is 0 Å². The number of unbranched alkanes of at least 4 members (excludes halogenated alkanes) is 28. The van der Waals surface area contributed by atoms with E-state index in [0.717, 1.165) is 44.8 Å². The van der Waals surface area contributed by atoms with E-state index in [-0.39, 0.29) is 42.4 Å². The maximum Gasteiger partial charge on any atom is 0.311 e. The maximum absolute atomic E-state index is 13.1. The van der Waals surface area contributed by atoms with Crippen LogP contribution in [0.2, 0.25) is 0 Å². The molecule has 338 valence electrons. The number of rotatable bonds is 39. The number of benzene rings is 1. The Morgan fingerprint density at radius 2 is 0.862 bits per heavy atom. The maximum atomic E-state index is 13.1. The molecular formula is C49H89NO7S. The Hall–Kier alpha value is -1.97. The molecule has 0 saturated heterocycles. The van der Waals surface area contributed by atoms with Gasteiger partial charge in [-0.15, -0.1) is 0 Å². The molecule has 1 rings (SSSR count). The minimum absolute atomic E-state index is 0.103. The molecule has 1 aromatic carbocycles. The third kappa shape index (κ3) is 32.8. The number of carbonyl (C=O) groups is 2. The molecule has 8 nitrogen and oxygen atoms in total. The zero-order valence-corrected chi connectivity index (χ0v) is 39.2. The largest absolute Gasteiger partial charge is 0.423 e. The van der Waals surface area contributed by atoms with Gasteiger partial charge < -0.3 is 14.8 Å². The first kappa shape index (κ1) is 54.0. The standard InChI is InChI=1S/C49H89NO7S/c1-7-9-11-13-15-17-19-21-23-25-27-29-31-33-35-37-47(51)55-44-40-39-43(46(57-58(6,53)54)42-50-49(3,4)5)41-45(44)56-48(52)38-36-34-32-30-28-26-24-22-20-18-16-14-12-10-8-2/h39-41,46,50H,7-38,42H2,1-6H3. The molecule has 0 amide bonds. The average molecular weight is 836 g/mol. The quantitative estimate of drug-likeness (QED) is 0.0302. The first-order chi connectivity index (χ1) is 27.8. The highest BCUT2D eigenvalue weighted by Gasteiger charge is 2.24. The Bertz CT molecular complexity index is 1280. The third-order valence-electron chi connectivity index (χ3n) is 10.9. The Balaban J connectivity index is 2.59. The van der Waals surface area contributed by atoms with Crippen LogP contribution < -0.4 is 14.8 Å². The van der Waals surface area contributed by atoms with Crippen LogP contribution in [0.15, 0.2) is 18.2 Å². The molecule has 1 unspecified atom stereocenters. The summed E-state index contributed by atoms with van der Waals surface area (Å²) < 4.78 is 41.5. The molecule has 0 heterocycles. The summed E-state index contributed by atoms with van der Waals surface area (Å²) in [5.41, 5.74) is 0.212. The molecular weight excluding hydrogens is 747 g/mol. The summed E-state index contributed by atoms with van der Waals surface area (Å²) in [6, 6.07) is 4.81. The van der Waals surface area contributed by atoms with E-state index in [1.54, 1.807) is 18.2 Å². The first-order valence-corrected chi connectivity index (χ1v) is 25.8. The second kappa shape index (κ2) is 34.7. The number of esters is 2. The van der Waals surface area contributed by atoms with Gasteiger partial charge in [-0.25, -0.2) is 0 Å². The number of nitrogens with one attached hydrogen (secondary N) is 1. The molecule has 1 aromatic rings. The lowest BCUT2D eigenvalue weighted by molar-refractivity contribution is -0.137. The van der Waals surface area contributed by atoms with Gasteiger partial charge in [-0.05, 0) is 51.3 Å². The second-order valence-corrected chi connectivity index (χ2v) is 19.6. The van der Waals surface area contributed by atoms with Crippen molar-refractivity contribution in [3.8, 4) is 11.5 Å². The van der Waals surface area contributed by atoms with Crippen molar-refractivity contribution in [2.45, 2.75) is 252 Å². The normalized spacial score (nSPS) is 12.5. The van der Waals surface area contributed by atoms with Crippen molar-refractivity contribution in [2.75, 3.05) is 12.8 Å². The Labute approximate surface area is 357 Å².